The first-order valence-corrected chi connectivity index (χ1v) is 12.3. The molecule has 1 atom stereocenters. The molecular formula is C28H49N5. The molecule has 33 heavy (non-hydrogen) atoms. The minimum Gasteiger partial charge on any atom is -0.290 e. The van der Waals surface area contributed by atoms with E-state index in [1.807, 2.05) is 25.2 Å². The summed E-state index contributed by atoms with van der Waals surface area (Å²) >= 11 is 0. The fourth-order valence-electron chi connectivity index (χ4n) is 3.07. The molecule has 1 aromatic carbocycles. The van der Waals surface area contributed by atoms with E-state index < -0.39 is 0 Å². The number of nitrogens with zero attached hydrogens (tertiary/aromatic N) is 3. The zero-order chi connectivity index (χ0) is 25.6. The van der Waals surface area contributed by atoms with Crippen molar-refractivity contribution in [3.05, 3.63) is 71.8 Å². The van der Waals surface area contributed by atoms with Crippen LogP contribution in [0.15, 0.2) is 65.9 Å². The van der Waals surface area contributed by atoms with Gasteiger partial charge < -0.3 is 0 Å². The first kappa shape index (κ1) is 32.6. The Hall–Kier alpha value is -2.53. The second kappa shape index (κ2) is 21.3. The summed E-state index contributed by atoms with van der Waals surface area (Å²) in [6.07, 6.45) is 10.9. The van der Waals surface area contributed by atoms with Crippen LogP contribution in [-0.2, 0) is 0 Å². The van der Waals surface area contributed by atoms with Crippen molar-refractivity contribution in [2.75, 3.05) is 19.6 Å². The molecule has 0 fully saturated rings. The van der Waals surface area contributed by atoms with Gasteiger partial charge in [0.05, 0.1) is 6.04 Å². The number of rotatable bonds is 11. The summed E-state index contributed by atoms with van der Waals surface area (Å²) in [5.74, 6) is 0.330. The van der Waals surface area contributed by atoms with Gasteiger partial charge in [-0.25, -0.2) is 5.01 Å². The molecule has 0 aromatic heterocycles. The topological polar surface area (TPSA) is 66.5 Å². The molecular weight excluding hydrogens is 406 g/mol. The summed E-state index contributed by atoms with van der Waals surface area (Å²) in [5, 5.41) is 13.9. The largest absolute Gasteiger partial charge is 0.290 e. The molecule has 0 amide bonds. The summed E-state index contributed by atoms with van der Waals surface area (Å²) in [5.41, 5.74) is 11.0. The van der Waals surface area contributed by atoms with E-state index in [0.717, 1.165) is 24.2 Å². The monoisotopic (exact) mass is 455 g/mol. The number of aryl methyl sites for hydroxylation is 1. The van der Waals surface area contributed by atoms with Crippen molar-refractivity contribution in [3.63, 3.8) is 0 Å². The second-order valence-corrected chi connectivity index (χ2v) is 7.78. The van der Waals surface area contributed by atoms with Crippen molar-refractivity contribution in [3.8, 4) is 0 Å². The van der Waals surface area contributed by atoms with Crippen molar-refractivity contribution in [1.29, 1.82) is 10.9 Å². The Labute approximate surface area is 204 Å². The number of amidine groups is 1. The quantitative estimate of drug-likeness (QED) is 0.115. The van der Waals surface area contributed by atoms with Crippen LogP contribution in [0.3, 0.4) is 0 Å². The number of allylic oxidation sites excluding steroid dienone is 4. The number of hydrogen-bond donors (Lipinski definition) is 2. The van der Waals surface area contributed by atoms with Gasteiger partial charge in [0, 0.05) is 6.54 Å². The summed E-state index contributed by atoms with van der Waals surface area (Å²) < 4.78 is 0. The molecule has 0 aliphatic heterocycles. The molecule has 1 aromatic rings. The normalized spacial score (nSPS) is 11.7. The van der Waals surface area contributed by atoms with Crippen molar-refractivity contribution in [1.82, 2.24) is 9.91 Å². The van der Waals surface area contributed by atoms with Crippen LogP contribution in [0.25, 0.3) is 0 Å². The summed E-state index contributed by atoms with van der Waals surface area (Å²) in [7, 11) is 0. The fourth-order valence-corrected chi connectivity index (χ4v) is 3.07. The third-order valence-electron chi connectivity index (χ3n) is 4.55. The molecule has 1 unspecified atom stereocenters. The van der Waals surface area contributed by atoms with Crippen LogP contribution in [0.4, 0.5) is 0 Å². The predicted octanol–water partition coefficient (Wildman–Crippen LogP) is 8.51. The zero-order valence-electron chi connectivity index (χ0n) is 22.5. The van der Waals surface area contributed by atoms with Gasteiger partial charge in [-0.2, -0.15) is 5.53 Å². The van der Waals surface area contributed by atoms with Gasteiger partial charge in [0.25, 0.3) is 0 Å². The van der Waals surface area contributed by atoms with Gasteiger partial charge in [-0.15, -0.1) is 0 Å². The highest BCUT2D eigenvalue weighted by atomic mass is 15.5. The maximum Gasteiger partial charge on any atom is 0.140 e. The van der Waals surface area contributed by atoms with Gasteiger partial charge in [-0.3, -0.25) is 10.3 Å². The van der Waals surface area contributed by atoms with Crippen LogP contribution in [-0.4, -0.2) is 35.4 Å². The Bertz CT molecular complexity index is 698. The van der Waals surface area contributed by atoms with E-state index in [0.29, 0.717) is 18.8 Å². The van der Waals surface area contributed by atoms with Crippen LogP contribution >= 0.6 is 0 Å². The average molecular weight is 456 g/mol. The van der Waals surface area contributed by atoms with Gasteiger partial charge in [0.15, 0.2) is 0 Å². The van der Waals surface area contributed by atoms with Crippen LogP contribution in [0.1, 0.15) is 84.9 Å². The summed E-state index contributed by atoms with van der Waals surface area (Å²) in [4.78, 5) is 2.22. The van der Waals surface area contributed by atoms with E-state index in [4.69, 9.17) is 10.9 Å². The molecule has 0 spiro atoms. The molecule has 5 heteroatoms. The molecule has 0 saturated carbocycles. The predicted molar refractivity (Wildman–Crippen MR) is 146 cm³/mol. The lowest BCUT2D eigenvalue weighted by Gasteiger charge is -2.33. The lowest BCUT2D eigenvalue weighted by atomic mass is 10.0. The highest BCUT2D eigenvalue weighted by molar-refractivity contribution is 5.85. The smallest absolute Gasteiger partial charge is 0.140 e. The van der Waals surface area contributed by atoms with E-state index in [9.17, 15) is 0 Å². The Morgan fingerprint density at radius 1 is 1.03 bits per heavy atom. The van der Waals surface area contributed by atoms with Crippen molar-refractivity contribution >= 4 is 5.84 Å². The summed E-state index contributed by atoms with van der Waals surface area (Å²) in [6.45, 7) is 22.6. The highest BCUT2D eigenvalue weighted by Crippen LogP contribution is 2.24. The third kappa shape index (κ3) is 13.6. The molecule has 1 rings (SSSR count). The lowest BCUT2D eigenvalue weighted by Crippen LogP contribution is -2.41. The third-order valence-corrected chi connectivity index (χ3v) is 4.55. The van der Waals surface area contributed by atoms with Gasteiger partial charge in [0.1, 0.15) is 5.84 Å². The molecule has 0 saturated heterocycles. The Morgan fingerprint density at radius 2 is 1.55 bits per heavy atom. The zero-order valence-corrected chi connectivity index (χ0v) is 22.5. The maximum absolute atomic E-state index is 8.79. The van der Waals surface area contributed by atoms with Crippen molar-refractivity contribution in [2.45, 2.75) is 80.7 Å². The number of likely N-dealkylation sites (N-methyl/N-ethyl adjacent to an activating group) is 1. The number of benzene rings is 1. The molecule has 5 nitrogen and oxygen atoms in total. The molecule has 0 aliphatic rings. The molecule has 0 bridgehead atoms. The van der Waals surface area contributed by atoms with E-state index in [1.165, 1.54) is 23.4 Å². The van der Waals surface area contributed by atoms with Crippen LogP contribution in [0.2, 0.25) is 0 Å². The number of hydrogen-bond acceptors (Lipinski definition) is 4. The Morgan fingerprint density at radius 3 is 1.94 bits per heavy atom. The Balaban J connectivity index is 0. The van der Waals surface area contributed by atoms with Crippen molar-refractivity contribution < 1.29 is 0 Å². The lowest BCUT2D eigenvalue weighted by molar-refractivity contribution is 0.246. The Kier molecular flexibility index (Phi) is 21.1. The molecule has 0 radical (unpaired) electrons. The highest BCUT2D eigenvalue weighted by Gasteiger charge is 2.27. The molecule has 0 heterocycles. The van der Waals surface area contributed by atoms with Crippen LogP contribution in [0.5, 0.6) is 0 Å². The maximum atomic E-state index is 8.79. The summed E-state index contributed by atoms with van der Waals surface area (Å²) in [6, 6.07) is 8.05. The molecule has 2 N–H and O–H groups in total. The van der Waals surface area contributed by atoms with E-state index in [1.54, 1.807) is 6.08 Å². The molecule has 186 valence electrons. The van der Waals surface area contributed by atoms with E-state index in [2.05, 4.69) is 89.4 Å². The van der Waals surface area contributed by atoms with Gasteiger partial charge in [-0.05, 0) is 44.5 Å². The minimum atomic E-state index is -0.219. The van der Waals surface area contributed by atoms with Crippen LogP contribution in [0, 0.1) is 17.9 Å². The van der Waals surface area contributed by atoms with Gasteiger partial charge in [-0.1, -0.05) is 120 Å². The van der Waals surface area contributed by atoms with Crippen LogP contribution < -0.4 is 0 Å². The van der Waals surface area contributed by atoms with E-state index >= 15 is 0 Å². The van der Waals surface area contributed by atoms with E-state index in [-0.39, 0.29) is 6.04 Å². The standard InChI is InChI=1S/C22H33N5.2C3H8/c1-6-10-19(11-7-2)16-17-27(25-24)22(23)21(26(8-3)9-4)20-14-12-18(5)13-15-20;2*1-3-2/h6-7,10-15,21,23-24H,1,8-9,16-17H2,2-5H3;2*3H2,1-2H3/b11-7-,19-10+,23-22?,25-24?;;. The first-order valence-electron chi connectivity index (χ1n) is 12.3. The SMILES string of the molecule is C=C/C=C(\C=C/C)CCN(N=N)C(=N)C(c1ccc(C)cc1)N(CC)CC.CCC.CCC. The first-order chi connectivity index (χ1) is 15.8. The molecule has 0 aliphatic carbocycles. The average Bonchev–Trinajstić information content (AvgIpc) is 2.79. The van der Waals surface area contributed by atoms with Gasteiger partial charge in [0.2, 0.25) is 0 Å². The van der Waals surface area contributed by atoms with Gasteiger partial charge >= 0.3 is 0 Å². The fraction of sp³-hybridized carbons (Fsp3) is 0.536. The minimum absolute atomic E-state index is 0.219. The second-order valence-electron chi connectivity index (χ2n) is 7.78. The van der Waals surface area contributed by atoms with Crippen molar-refractivity contribution in [2.24, 2.45) is 5.22 Å². The number of nitrogens with one attached hydrogen (secondary N) is 2.